The van der Waals surface area contributed by atoms with E-state index in [1.807, 2.05) is 13.8 Å². The summed E-state index contributed by atoms with van der Waals surface area (Å²) < 4.78 is 18.0. The highest BCUT2D eigenvalue weighted by molar-refractivity contribution is 7.96. The van der Waals surface area contributed by atoms with Gasteiger partial charge in [0.15, 0.2) is 0 Å². The first kappa shape index (κ1) is 14.7. The molecule has 6 heteroatoms. The molecule has 0 saturated heterocycles. The van der Waals surface area contributed by atoms with Gasteiger partial charge in [-0.05, 0) is 0 Å². The molecule has 0 radical (unpaired) electrons. The van der Waals surface area contributed by atoms with E-state index in [4.69, 9.17) is 4.74 Å². The van der Waals surface area contributed by atoms with E-state index in [1.54, 1.807) is 0 Å². The molecule has 0 fully saturated rings. The van der Waals surface area contributed by atoms with Crippen molar-refractivity contribution in [3.8, 4) is 0 Å². The van der Waals surface area contributed by atoms with E-state index in [1.165, 1.54) is 0 Å². The molecule has 0 bridgehead atoms. The second kappa shape index (κ2) is 8.94. The molecule has 0 rings (SSSR count). The SMILES string of the molecule is CC(C)NCCOCC(F)CNC(=O)S. The number of amides is 1. The van der Waals surface area contributed by atoms with Crippen LogP contribution in [0.15, 0.2) is 0 Å². The van der Waals surface area contributed by atoms with Gasteiger partial charge in [0.2, 0.25) is 0 Å². The van der Waals surface area contributed by atoms with Crippen molar-refractivity contribution in [1.29, 1.82) is 0 Å². The molecular weight excluding hydrogens is 219 g/mol. The molecule has 90 valence electrons. The summed E-state index contributed by atoms with van der Waals surface area (Å²) in [5.74, 6) is 0. The lowest BCUT2D eigenvalue weighted by Crippen LogP contribution is -2.31. The fourth-order valence-corrected chi connectivity index (χ4v) is 0.979. The van der Waals surface area contributed by atoms with Gasteiger partial charge in [-0.2, -0.15) is 0 Å². The van der Waals surface area contributed by atoms with Crippen molar-refractivity contribution in [3.63, 3.8) is 0 Å². The van der Waals surface area contributed by atoms with Crippen molar-refractivity contribution >= 4 is 17.9 Å². The Kier molecular flexibility index (Phi) is 8.74. The number of ether oxygens (including phenoxy) is 1. The van der Waals surface area contributed by atoms with Crippen LogP contribution in [0.5, 0.6) is 0 Å². The van der Waals surface area contributed by atoms with Gasteiger partial charge in [0.1, 0.15) is 6.17 Å². The molecule has 0 aliphatic heterocycles. The summed E-state index contributed by atoms with van der Waals surface area (Å²) in [5, 5.41) is 4.87. The number of rotatable bonds is 8. The number of nitrogens with one attached hydrogen (secondary N) is 2. The standard InChI is InChI=1S/C9H19FN2O2S/c1-7(2)11-3-4-14-6-8(10)5-12-9(13)15/h7-8,11H,3-6H2,1-2H3,(H2,12,13,15). The maximum Gasteiger partial charge on any atom is 0.276 e. The highest BCUT2D eigenvalue weighted by Gasteiger charge is 2.06. The van der Waals surface area contributed by atoms with Crippen molar-refractivity contribution < 1.29 is 13.9 Å². The van der Waals surface area contributed by atoms with Crippen molar-refractivity contribution in [2.24, 2.45) is 0 Å². The lowest BCUT2D eigenvalue weighted by molar-refractivity contribution is 0.0824. The average Bonchev–Trinajstić information content (AvgIpc) is 2.13. The molecule has 0 aromatic carbocycles. The van der Waals surface area contributed by atoms with E-state index < -0.39 is 11.4 Å². The molecule has 15 heavy (non-hydrogen) atoms. The van der Waals surface area contributed by atoms with Crippen LogP contribution in [-0.4, -0.2) is 43.8 Å². The largest absolute Gasteiger partial charge is 0.377 e. The normalized spacial score (nSPS) is 12.9. The first-order valence-corrected chi connectivity index (χ1v) is 5.39. The second-order valence-electron chi connectivity index (χ2n) is 3.47. The Morgan fingerprint density at radius 3 is 2.73 bits per heavy atom. The fourth-order valence-electron chi connectivity index (χ4n) is 0.888. The van der Waals surface area contributed by atoms with Crippen LogP contribution in [-0.2, 0) is 4.74 Å². The zero-order valence-corrected chi connectivity index (χ0v) is 10.0. The summed E-state index contributed by atoms with van der Waals surface area (Å²) in [6.07, 6.45) is -1.18. The Balaban J connectivity index is 3.23. The van der Waals surface area contributed by atoms with Crippen molar-refractivity contribution in [1.82, 2.24) is 10.6 Å². The smallest absolute Gasteiger partial charge is 0.276 e. The van der Waals surface area contributed by atoms with Crippen LogP contribution in [0.2, 0.25) is 0 Å². The monoisotopic (exact) mass is 238 g/mol. The van der Waals surface area contributed by atoms with Crippen LogP contribution < -0.4 is 10.6 Å². The van der Waals surface area contributed by atoms with E-state index in [0.717, 1.165) is 0 Å². The van der Waals surface area contributed by atoms with Crippen molar-refractivity contribution in [2.75, 3.05) is 26.3 Å². The predicted octanol–water partition coefficient (Wildman–Crippen LogP) is 0.978. The summed E-state index contributed by atoms with van der Waals surface area (Å²) in [6.45, 7) is 5.16. The number of carbonyl (C=O) groups excluding carboxylic acids is 1. The Hall–Kier alpha value is -0.330. The van der Waals surface area contributed by atoms with E-state index in [9.17, 15) is 9.18 Å². The third-order valence-corrected chi connectivity index (χ3v) is 1.73. The number of hydrogen-bond acceptors (Lipinski definition) is 3. The van der Waals surface area contributed by atoms with Gasteiger partial charge in [-0.3, -0.25) is 4.79 Å². The van der Waals surface area contributed by atoms with Crippen LogP contribution in [0.1, 0.15) is 13.8 Å². The third-order valence-electron chi connectivity index (χ3n) is 1.57. The lowest BCUT2D eigenvalue weighted by Gasteiger charge is -2.11. The van der Waals surface area contributed by atoms with Gasteiger partial charge in [0, 0.05) is 12.6 Å². The fraction of sp³-hybridized carbons (Fsp3) is 0.889. The molecule has 0 aliphatic carbocycles. The number of hydrogen-bond donors (Lipinski definition) is 3. The quantitative estimate of drug-likeness (QED) is 0.436. The zero-order valence-electron chi connectivity index (χ0n) is 9.12. The molecular formula is C9H19FN2O2S. The van der Waals surface area contributed by atoms with Gasteiger partial charge in [-0.1, -0.05) is 26.5 Å². The van der Waals surface area contributed by atoms with E-state index in [2.05, 4.69) is 23.3 Å². The zero-order chi connectivity index (χ0) is 11.7. The number of carbonyl (C=O) groups is 1. The molecule has 0 heterocycles. The van der Waals surface area contributed by atoms with E-state index >= 15 is 0 Å². The first-order chi connectivity index (χ1) is 7.02. The average molecular weight is 238 g/mol. The molecule has 1 unspecified atom stereocenters. The predicted molar refractivity (Wildman–Crippen MR) is 61.2 cm³/mol. The maximum atomic E-state index is 13.0. The molecule has 0 aromatic rings. The minimum atomic E-state index is -1.18. The topological polar surface area (TPSA) is 50.4 Å². The van der Waals surface area contributed by atoms with Gasteiger partial charge >= 0.3 is 0 Å². The molecule has 1 atom stereocenters. The Labute approximate surface area is 95.4 Å². The van der Waals surface area contributed by atoms with Crippen LogP contribution in [0.3, 0.4) is 0 Å². The highest BCUT2D eigenvalue weighted by atomic mass is 32.1. The molecule has 2 N–H and O–H groups in total. The Morgan fingerprint density at radius 2 is 2.20 bits per heavy atom. The molecule has 4 nitrogen and oxygen atoms in total. The second-order valence-corrected chi connectivity index (χ2v) is 3.87. The van der Waals surface area contributed by atoms with Gasteiger partial charge in [0.05, 0.1) is 19.8 Å². The van der Waals surface area contributed by atoms with Gasteiger partial charge in [0.25, 0.3) is 5.24 Å². The molecule has 0 spiro atoms. The Bertz CT molecular complexity index is 181. The third kappa shape index (κ3) is 11.6. The number of halogens is 1. The molecule has 0 saturated carbocycles. The minimum Gasteiger partial charge on any atom is -0.377 e. The highest BCUT2D eigenvalue weighted by Crippen LogP contribution is 1.91. The maximum absolute atomic E-state index is 13.0. The van der Waals surface area contributed by atoms with Gasteiger partial charge in [-0.25, -0.2) is 4.39 Å². The Morgan fingerprint density at radius 1 is 1.53 bits per heavy atom. The first-order valence-electron chi connectivity index (χ1n) is 4.94. The number of thiol groups is 1. The summed E-state index contributed by atoms with van der Waals surface area (Å²) in [5.41, 5.74) is 0. The van der Waals surface area contributed by atoms with Crippen molar-refractivity contribution in [3.05, 3.63) is 0 Å². The van der Waals surface area contributed by atoms with Crippen LogP contribution in [0, 0.1) is 0 Å². The summed E-state index contributed by atoms with van der Waals surface area (Å²) in [7, 11) is 0. The molecule has 0 aliphatic rings. The van der Waals surface area contributed by atoms with E-state index in [-0.39, 0.29) is 13.2 Å². The minimum absolute atomic E-state index is 0.00612. The van der Waals surface area contributed by atoms with Gasteiger partial charge in [-0.15, -0.1) is 0 Å². The summed E-state index contributed by atoms with van der Waals surface area (Å²) in [4.78, 5) is 10.3. The summed E-state index contributed by atoms with van der Waals surface area (Å²) in [6, 6.07) is 0.401. The molecule has 1 amide bonds. The van der Waals surface area contributed by atoms with Gasteiger partial charge < -0.3 is 15.4 Å². The van der Waals surface area contributed by atoms with Crippen LogP contribution >= 0.6 is 12.6 Å². The molecule has 0 aromatic heterocycles. The van der Waals surface area contributed by atoms with Crippen LogP contribution in [0.4, 0.5) is 9.18 Å². The summed E-state index contributed by atoms with van der Waals surface area (Å²) >= 11 is 3.45. The lowest BCUT2D eigenvalue weighted by atomic mass is 10.4. The van der Waals surface area contributed by atoms with Crippen molar-refractivity contribution in [2.45, 2.75) is 26.1 Å². The van der Waals surface area contributed by atoms with Crippen LogP contribution in [0.25, 0.3) is 0 Å². The number of alkyl halides is 1. The van der Waals surface area contributed by atoms with E-state index in [0.29, 0.717) is 19.2 Å².